The topological polar surface area (TPSA) is 148 Å². The van der Waals surface area contributed by atoms with Crippen LogP contribution in [0.5, 0.6) is 0 Å². The number of carboxylic acids is 1. The number of nitrogens with one attached hydrogen (secondary N) is 2. The first-order chi connectivity index (χ1) is 10.2. The molecule has 22 heavy (non-hydrogen) atoms. The van der Waals surface area contributed by atoms with Gasteiger partial charge in [0.15, 0.2) is 0 Å². The van der Waals surface area contributed by atoms with E-state index in [0.717, 1.165) is 19.3 Å². The number of carbonyl (C=O) groups excluding carboxylic acids is 3. The molecule has 124 valence electrons. The Bertz CT molecular complexity index is 461. The van der Waals surface area contributed by atoms with Crippen LogP contribution < -0.4 is 16.4 Å². The smallest absolute Gasteiger partial charge is 0.330 e. The largest absolute Gasteiger partial charge is 0.480 e. The second-order valence-electron chi connectivity index (χ2n) is 4.77. The molecule has 0 heterocycles. The molecule has 0 saturated carbocycles. The minimum Gasteiger partial charge on any atom is -0.480 e. The summed E-state index contributed by atoms with van der Waals surface area (Å²) in [5.74, 6) is -3.52. The van der Waals surface area contributed by atoms with Crippen LogP contribution in [0.15, 0.2) is 12.2 Å². The number of carboxylic acid groups (broad SMARTS) is 1. The average Bonchev–Trinajstić information content (AvgIpc) is 2.47. The first-order valence-corrected chi connectivity index (χ1v) is 6.51. The standard InChI is InChI=1S/C13H21N3O6/c1-7(2)11(14)12(19)16-8(13(20)21)6-15-9(17)4-5-10(18)22-3/h4-5,7-8,11H,6,14H2,1-3H3,(H,15,17)(H,16,19)(H,20,21)/b5-4+/t8-,11+/m0/s1. The molecule has 0 aliphatic carbocycles. The summed E-state index contributed by atoms with van der Waals surface area (Å²) in [7, 11) is 1.15. The molecule has 0 unspecified atom stereocenters. The van der Waals surface area contributed by atoms with E-state index in [9.17, 15) is 19.2 Å². The molecule has 2 amide bonds. The number of hydrogen-bond donors (Lipinski definition) is 4. The molecule has 0 spiro atoms. The van der Waals surface area contributed by atoms with Crippen LogP contribution in [0.3, 0.4) is 0 Å². The fourth-order valence-electron chi connectivity index (χ4n) is 1.24. The molecule has 0 aliphatic rings. The molecule has 0 rings (SSSR count). The van der Waals surface area contributed by atoms with E-state index in [2.05, 4.69) is 15.4 Å². The number of amides is 2. The molecule has 0 aliphatic heterocycles. The van der Waals surface area contributed by atoms with Crippen molar-refractivity contribution in [3.05, 3.63) is 12.2 Å². The van der Waals surface area contributed by atoms with Crippen molar-refractivity contribution in [2.24, 2.45) is 11.7 Å². The van der Waals surface area contributed by atoms with Crippen molar-refractivity contribution in [3.8, 4) is 0 Å². The lowest BCUT2D eigenvalue weighted by atomic mass is 10.0. The first-order valence-electron chi connectivity index (χ1n) is 6.51. The van der Waals surface area contributed by atoms with Gasteiger partial charge < -0.3 is 26.2 Å². The highest BCUT2D eigenvalue weighted by Gasteiger charge is 2.24. The summed E-state index contributed by atoms with van der Waals surface area (Å²) < 4.78 is 4.30. The van der Waals surface area contributed by atoms with E-state index in [1.165, 1.54) is 0 Å². The van der Waals surface area contributed by atoms with Crippen LogP contribution in [-0.2, 0) is 23.9 Å². The molecule has 0 radical (unpaired) electrons. The van der Waals surface area contributed by atoms with Gasteiger partial charge in [0.25, 0.3) is 0 Å². The SMILES string of the molecule is COC(=O)/C=C/C(=O)NC[C@H](NC(=O)[C@H](N)C(C)C)C(=O)O. The van der Waals surface area contributed by atoms with Gasteiger partial charge in [-0.15, -0.1) is 0 Å². The summed E-state index contributed by atoms with van der Waals surface area (Å²) in [5.41, 5.74) is 5.61. The van der Waals surface area contributed by atoms with Gasteiger partial charge in [0.2, 0.25) is 11.8 Å². The van der Waals surface area contributed by atoms with Gasteiger partial charge in [-0.2, -0.15) is 0 Å². The van der Waals surface area contributed by atoms with E-state index in [1.54, 1.807) is 13.8 Å². The lowest BCUT2D eigenvalue weighted by molar-refractivity contribution is -0.142. The zero-order valence-electron chi connectivity index (χ0n) is 12.7. The van der Waals surface area contributed by atoms with E-state index in [-0.39, 0.29) is 12.5 Å². The molecule has 0 saturated heterocycles. The fraction of sp³-hybridized carbons (Fsp3) is 0.538. The molecule has 0 aromatic heterocycles. The number of ether oxygens (including phenoxy) is 1. The van der Waals surface area contributed by atoms with Crippen molar-refractivity contribution < 1.29 is 29.0 Å². The number of rotatable bonds is 8. The number of methoxy groups -OCH3 is 1. The summed E-state index contributed by atoms with van der Waals surface area (Å²) >= 11 is 0. The summed E-state index contributed by atoms with van der Waals surface area (Å²) in [6, 6.07) is -2.18. The summed E-state index contributed by atoms with van der Waals surface area (Å²) in [6.45, 7) is 3.09. The van der Waals surface area contributed by atoms with Gasteiger partial charge in [-0.25, -0.2) is 9.59 Å². The predicted molar refractivity (Wildman–Crippen MR) is 76.5 cm³/mol. The van der Waals surface area contributed by atoms with Gasteiger partial charge >= 0.3 is 11.9 Å². The van der Waals surface area contributed by atoms with Crippen LogP contribution in [0.4, 0.5) is 0 Å². The molecule has 0 bridgehead atoms. The molecule has 5 N–H and O–H groups in total. The molecule has 0 aromatic rings. The van der Waals surface area contributed by atoms with Gasteiger partial charge in [-0.05, 0) is 5.92 Å². The van der Waals surface area contributed by atoms with Gasteiger partial charge in [-0.1, -0.05) is 13.8 Å². The Labute approximate surface area is 127 Å². The second-order valence-corrected chi connectivity index (χ2v) is 4.77. The molecule has 0 aromatic carbocycles. The summed E-state index contributed by atoms with van der Waals surface area (Å²) in [4.78, 5) is 44.9. The van der Waals surface area contributed by atoms with Crippen molar-refractivity contribution in [1.82, 2.24) is 10.6 Å². The number of esters is 1. The maximum Gasteiger partial charge on any atom is 0.330 e. The van der Waals surface area contributed by atoms with Crippen LogP contribution in [-0.4, -0.2) is 54.6 Å². The van der Waals surface area contributed by atoms with Crippen LogP contribution in [0.2, 0.25) is 0 Å². The van der Waals surface area contributed by atoms with Gasteiger partial charge in [0, 0.05) is 18.7 Å². The van der Waals surface area contributed by atoms with E-state index < -0.39 is 35.8 Å². The molecule has 9 heteroatoms. The normalized spacial score (nSPS) is 13.5. The molecule has 9 nitrogen and oxygen atoms in total. The third-order valence-corrected chi connectivity index (χ3v) is 2.69. The third-order valence-electron chi connectivity index (χ3n) is 2.69. The Morgan fingerprint density at radius 2 is 1.82 bits per heavy atom. The quantitative estimate of drug-likeness (QED) is 0.311. The van der Waals surface area contributed by atoms with E-state index in [4.69, 9.17) is 10.8 Å². The Kier molecular flexibility index (Phi) is 8.46. The third kappa shape index (κ3) is 7.39. The minimum absolute atomic E-state index is 0.160. The zero-order valence-corrected chi connectivity index (χ0v) is 12.7. The van der Waals surface area contributed by atoms with E-state index >= 15 is 0 Å². The van der Waals surface area contributed by atoms with Gasteiger partial charge in [-0.3, -0.25) is 9.59 Å². The van der Waals surface area contributed by atoms with Crippen molar-refractivity contribution in [2.45, 2.75) is 25.9 Å². The average molecular weight is 315 g/mol. The lowest BCUT2D eigenvalue weighted by Crippen LogP contribution is -2.53. The minimum atomic E-state index is -1.33. The lowest BCUT2D eigenvalue weighted by Gasteiger charge is -2.19. The number of hydrogen-bond acceptors (Lipinski definition) is 6. The summed E-state index contributed by atoms with van der Waals surface area (Å²) in [6.07, 6.45) is 1.78. The van der Waals surface area contributed by atoms with Gasteiger partial charge in [0.05, 0.1) is 13.2 Å². The maximum atomic E-state index is 11.7. The number of aliphatic carboxylic acids is 1. The Morgan fingerprint density at radius 1 is 1.23 bits per heavy atom. The summed E-state index contributed by atoms with van der Waals surface area (Å²) in [5, 5.41) is 13.5. The zero-order chi connectivity index (χ0) is 17.3. The highest BCUT2D eigenvalue weighted by Crippen LogP contribution is 1.98. The molecular formula is C13H21N3O6. The maximum absolute atomic E-state index is 11.7. The van der Waals surface area contributed by atoms with E-state index in [1.807, 2.05) is 0 Å². The second kappa shape index (κ2) is 9.50. The van der Waals surface area contributed by atoms with Crippen molar-refractivity contribution >= 4 is 23.8 Å². The Morgan fingerprint density at radius 3 is 2.27 bits per heavy atom. The highest BCUT2D eigenvalue weighted by atomic mass is 16.5. The van der Waals surface area contributed by atoms with E-state index in [0.29, 0.717) is 0 Å². The highest BCUT2D eigenvalue weighted by molar-refractivity contribution is 5.95. The predicted octanol–water partition coefficient (Wildman–Crippen LogP) is -1.62. The van der Waals surface area contributed by atoms with Crippen molar-refractivity contribution in [1.29, 1.82) is 0 Å². The van der Waals surface area contributed by atoms with Crippen molar-refractivity contribution in [2.75, 3.05) is 13.7 Å². The fourth-order valence-corrected chi connectivity index (χ4v) is 1.24. The van der Waals surface area contributed by atoms with Crippen LogP contribution in [0, 0.1) is 5.92 Å². The number of nitrogens with two attached hydrogens (primary N) is 1. The van der Waals surface area contributed by atoms with Gasteiger partial charge in [0.1, 0.15) is 6.04 Å². The molecular weight excluding hydrogens is 294 g/mol. The van der Waals surface area contributed by atoms with Crippen LogP contribution in [0.1, 0.15) is 13.8 Å². The molecule has 0 fully saturated rings. The Hall–Kier alpha value is -2.42. The first kappa shape index (κ1) is 19.6. The molecule has 2 atom stereocenters. The van der Waals surface area contributed by atoms with Crippen LogP contribution in [0.25, 0.3) is 0 Å². The monoisotopic (exact) mass is 315 g/mol. The van der Waals surface area contributed by atoms with Crippen molar-refractivity contribution in [3.63, 3.8) is 0 Å². The van der Waals surface area contributed by atoms with Crippen LogP contribution >= 0.6 is 0 Å². The Balaban J connectivity index is 4.52. The number of carbonyl (C=O) groups is 4.